The summed E-state index contributed by atoms with van der Waals surface area (Å²) in [6.45, 7) is -1.23. The topological polar surface area (TPSA) is 46.3 Å². The van der Waals surface area contributed by atoms with Crippen LogP contribution in [0.2, 0.25) is 0 Å². The van der Waals surface area contributed by atoms with Gasteiger partial charge in [-0.25, -0.2) is 0 Å². The van der Waals surface area contributed by atoms with E-state index in [1.54, 1.807) is 6.07 Å². The third kappa shape index (κ3) is 3.62. The van der Waals surface area contributed by atoms with Crippen LogP contribution in [-0.4, -0.2) is 29.6 Å². The number of nitrogens with two attached hydrogens (primary N) is 1. The van der Waals surface area contributed by atoms with Crippen LogP contribution in [0.4, 0.5) is 18.9 Å². The predicted molar refractivity (Wildman–Crippen MR) is 68.7 cm³/mol. The summed E-state index contributed by atoms with van der Waals surface area (Å²) in [6.07, 6.45) is -3.19. The van der Waals surface area contributed by atoms with Crippen LogP contribution < -0.4 is 5.73 Å². The fourth-order valence-electron chi connectivity index (χ4n) is 1.81. The molecule has 1 amide bonds. The first-order valence-electron chi connectivity index (χ1n) is 5.70. The molecule has 1 aliphatic rings. The summed E-state index contributed by atoms with van der Waals surface area (Å²) in [5.41, 5.74) is 5.95. The van der Waals surface area contributed by atoms with Crippen molar-refractivity contribution in [3.63, 3.8) is 0 Å². The van der Waals surface area contributed by atoms with Gasteiger partial charge in [0, 0.05) is 16.2 Å². The molecular formula is C12H12BrF3N2O. The maximum absolute atomic E-state index is 12.5. The van der Waals surface area contributed by atoms with Gasteiger partial charge in [0.1, 0.15) is 6.54 Å². The first-order valence-corrected chi connectivity index (χ1v) is 6.50. The quantitative estimate of drug-likeness (QED) is 0.861. The maximum Gasteiger partial charge on any atom is 0.406 e. The number of anilines is 1. The molecule has 1 fully saturated rings. The summed E-state index contributed by atoms with van der Waals surface area (Å²) in [5, 5.41) is 0. The van der Waals surface area contributed by atoms with Gasteiger partial charge in [-0.2, -0.15) is 13.2 Å². The third-order valence-corrected chi connectivity index (χ3v) is 3.34. The molecule has 19 heavy (non-hydrogen) atoms. The number of nitrogens with zero attached hydrogens (tertiary/aromatic N) is 1. The van der Waals surface area contributed by atoms with E-state index >= 15 is 0 Å². The van der Waals surface area contributed by atoms with Crippen molar-refractivity contribution in [3.05, 3.63) is 28.2 Å². The van der Waals surface area contributed by atoms with Crippen LogP contribution in [0.1, 0.15) is 23.2 Å². The van der Waals surface area contributed by atoms with Crippen molar-refractivity contribution in [2.45, 2.75) is 25.1 Å². The molecule has 1 saturated carbocycles. The minimum Gasteiger partial charge on any atom is -0.398 e. The second-order valence-corrected chi connectivity index (χ2v) is 5.43. The van der Waals surface area contributed by atoms with Gasteiger partial charge < -0.3 is 10.6 Å². The Morgan fingerprint density at radius 1 is 1.42 bits per heavy atom. The van der Waals surface area contributed by atoms with E-state index in [4.69, 9.17) is 5.73 Å². The summed E-state index contributed by atoms with van der Waals surface area (Å²) >= 11 is 3.18. The fourth-order valence-corrected chi connectivity index (χ4v) is 2.18. The van der Waals surface area contributed by atoms with Gasteiger partial charge in [0.2, 0.25) is 0 Å². The number of nitrogen functional groups attached to an aromatic ring is 1. The molecule has 1 aromatic rings. The molecule has 0 atom stereocenters. The minimum atomic E-state index is -4.40. The zero-order chi connectivity index (χ0) is 14.2. The lowest BCUT2D eigenvalue weighted by Crippen LogP contribution is -2.40. The highest BCUT2D eigenvalue weighted by Gasteiger charge is 2.41. The molecule has 104 valence electrons. The highest BCUT2D eigenvalue weighted by atomic mass is 79.9. The average molecular weight is 337 g/mol. The molecule has 7 heteroatoms. The molecule has 0 bridgehead atoms. The van der Waals surface area contributed by atoms with Gasteiger partial charge in [-0.05, 0) is 31.0 Å². The van der Waals surface area contributed by atoms with Crippen molar-refractivity contribution in [2.75, 3.05) is 12.3 Å². The number of amides is 1. The Kier molecular flexibility index (Phi) is 3.75. The van der Waals surface area contributed by atoms with Gasteiger partial charge in [-0.3, -0.25) is 4.79 Å². The largest absolute Gasteiger partial charge is 0.406 e. The van der Waals surface area contributed by atoms with Gasteiger partial charge in [-0.15, -0.1) is 0 Å². The van der Waals surface area contributed by atoms with E-state index in [1.165, 1.54) is 12.1 Å². The van der Waals surface area contributed by atoms with Crippen LogP contribution in [0, 0.1) is 0 Å². The number of carbonyl (C=O) groups is 1. The molecule has 0 saturated heterocycles. The lowest BCUT2D eigenvalue weighted by molar-refractivity contribution is -0.141. The Morgan fingerprint density at radius 3 is 2.58 bits per heavy atom. The van der Waals surface area contributed by atoms with Crippen LogP contribution in [-0.2, 0) is 0 Å². The predicted octanol–water partition coefficient (Wildman–Crippen LogP) is 3.20. The number of hydrogen-bond acceptors (Lipinski definition) is 2. The van der Waals surface area contributed by atoms with Crippen molar-refractivity contribution in [1.29, 1.82) is 0 Å². The normalized spacial score (nSPS) is 15.4. The SMILES string of the molecule is Nc1ccc(Br)cc1C(=O)N(CC(F)(F)F)C1CC1. The lowest BCUT2D eigenvalue weighted by Gasteiger charge is -2.24. The molecular weight excluding hydrogens is 325 g/mol. The highest BCUT2D eigenvalue weighted by molar-refractivity contribution is 9.10. The van der Waals surface area contributed by atoms with E-state index in [2.05, 4.69) is 15.9 Å². The average Bonchev–Trinajstić information content (AvgIpc) is 3.11. The molecule has 3 nitrogen and oxygen atoms in total. The Labute approximate surface area is 116 Å². The van der Waals surface area contributed by atoms with Crippen LogP contribution in [0.5, 0.6) is 0 Å². The van der Waals surface area contributed by atoms with E-state index in [0.29, 0.717) is 17.3 Å². The molecule has 1 aliphatic carbocycles. The summed E-state index contributed by atoms with van der Waals surface area (Å²) in [7, 11) is 0. The first-order chi connectivity index (χ1) is 8.78. The molecule has 0 spiro atoms. The van der Waals surface area contributed by atoms with Crippen molar-refractivity contribution >= 4 is 27.5 Å². The second-order valence-electron chi connectivity index (χ2n) is 4.51. The number of halogens is 4. The van der Waals surface area contributed by atoms with Crippen molar-refractivity contribution in [1.82, 2.24) is 4.90 Å². The number of benzene rings is 1. The summed E-state index contributed by atoms with van der Waals surface area (Å²) in [4.78, 5) is 13.1. The summed E-state index contributed by atoms with van der Waals surface area (Å²) in [6, 6.07) is 4.25. The summed E-state index contributed by atoms with van der Waals surface area (Å²) in [5.74, 6) is -0.668. The van der Waals surface area contributed by atoms with E-state index in [0.717, 1.165) is 4.90 Å². The molecule has 2 N–H and O–H groups in total. The van der Waals surface area contributed by atoms with Crippen LogP contribution >= 0.6 is 15.9 Å². The molecule has 1 aromatic carbocycles. The van der Waals surface area contributed by atoms with Crippen LogP contribution in [0.15, 0.2) is 22.7 Å². The van der Waals surface area contributed by atoms with Crippen LogP contribution in [0.25, 0.3) is 0 Å². The van der Waals surface area contributed by atoms with Gasteiger partial charge >= 0.3 is 6.18 Å². The summed E-state index contributed by atoms with van der Waals surface area (Å²) < 4.78 is 38.2. The Morgan fingerprint density at radius 2 is 2.05 bits per heavy atom. The monoisotopic (exact) mass is 336 g/mol. The van der Waals surface area contributed by atoms with Crippen LogP contribution in [0.3, 0.4) is 0 Å². The zero-order valence-corrected chi connectivity index (χ0v) is 11.5. The van der Waals surface area contributed by atoms with Crippen molar-refractivity contribution in [2.24, 2.45) is 0 Å². The highest BCUT2D eigenvalue weighted by Crippen LogP contribution is 2.32. The first kappa shape index (κ1) is 14.2. The third-order valence-electron chi connectivity index (χ3n) is 2.84. The van der Waals surface area contributed by atoms with Crippen molar-refractivity contribution < 1.29 is 18.0 Å². The van der Waals surface area contributed by atoms with E-state index in [1.807, 2.05) is 0 Å². The zero-order valence-electron chi connectivity index (χ0n) is 9.88. The Balaban J connectivity index is 2.26. The molecule has 0 unspecified atom stereocenters. The van der Waals surface area contributed by atoms with Gasteiger partial charge in [0.25, 0.3) is 5.91 Å². The van der Waals surface area contributed by atoms with Gasteiger partial charge in [0.15, 0.2) is 0 Å². The second kappa shape index (κ2) is 5.03. The molecule has 0 heterocycles. The van der Waals surface area contributed by atoms with Gasteiger partial charge in [-0.1, -0.05) is 15.9 Å². The van der Waals surface area contributed by atoms with E-state index in [9.17, 15) is 18.0 Å². The Bertz CT molecular complexity index is 500. The number of rotatable bonds is 3. The van der Waals surface area contributed by atoms with E-state index < -0.39 is 18.6 Å². The molecule has 0 aromatic heterocycles. The Hall–Kier alpha value is -1.24. The standard InChI is InChI=1S/C12H12BrF3N2O/c13-7-1-4-10(17)9(5-7)11(19)18(8-2-3-8)6-12(14,15)16/h1,4-5,8H,2-3,6,17H2. The number of hydrogen-bond donors (Lipinski definition) is 1. The number of alkyl halides is 3. The van der Waals surface area contributed by atoms with E-state index in [-0.39, 0.29) is 17.3 Å². The molecule has 0 aliphatic heterocycles. The minimum absolute atomic E-state index is 0.102. The lowest BCUT2D eigenvalue weighted by atomic mass is 10.1. The smallest absolute Gasteiger partial charge is 0.398 e. The maximum atomic E-state index is 12.5. The van der Waals surface area contributed by atoms with Crippen molar-refractivity contribution in [3.8, 4) is 0 Å². The van der Waals surface area contributed by atoms with Gasteiger partial charge in [0.05, 0.1) is 5.56 Å². The molecule has 2 rings (SSSR count). The fraction of sp³-hybridized carbons (Fsp3) is 0.417. The number of carbonyl (C=O) groups excluding carboxylic acids is 1. The molecule has 0 radical (unpaired) electrons.